The predicted octanol–water partition coefficient (Wildman–Crippen LogP) is 2.51. The number of benzene rings is 2. The highest BCUT2D eigenvalue weighted by atomic mass is 32.2. The molecule has 0 saturated carbocycles. The van der Waals surface area contributed by atoms with Crippen molar-refractivity contribution >= 4 is 27.4 Å². The van der Waals surface area contributed by atoms with Crippen molar-refractivity contribution < 1.29 is 18.3 Å². The van der Waals surface area contributed by atoms with E-state index in [2.05, 4.69) is 19.6 Å². The number of hydrogen-bond donors (Lipinski definition) is 2. The van der Waals surface area contributed by atoms with Crippen molar-refractivity contribution in [2.24, 2.45) is 5.92 Å². The second-order valence-electron chi connectivity index (χ2n) is 8.28. The summed E-state index contributed by atoms with van der Waals surface area (Å²) < 4.78 is 27.6. The number of aromatic hydroxyl groups is 1. The molecule has 4 rings (SSSR count). The van der Waals surface area contributed by atoms with Gasteiger partial charge in [0.1, 0.15) is 17.9 Å². The van der Waals surface area contributed by atoms with Crippen LogP contribution >= 0.6 is 0 Å². The average molecular weight is 482 g/mol. The molecule has 1 aromatic heterocycles. The van der Waals surface area contributed by atoms with Gasteiger partial charge in [0.15, 0.2) is 0 Å². The zero-order chi connectivity index (χ0) is 24.1. The molecule has 1 amide bonds. The maximum atomic E-state index is 12.9. The van der Waals surface area contributed by atoms with Gasteiger partial charge in [-0.3, -0.25) is 9.52 Å². The minimum atomic E-state index is -3.75. The molecule has 1 saturated heterocycles. The molecule has 34 heavy (non-hydrogen) atoms. The molecule has 3 aromatic rings. The quantitative estimate of drug-likeness (QED) is 0.533. The number of aromatic nitrogens is 2. The van der Waals surface area contributed by atoms with Crippen LogP contribution in [0.2, 0.25) is 0 Å². The highest BCUT2D eigenvalue weighted by Crippen LogP contribution is 2.22. The Balaban J connectivity index is 1.32. The van der Waals surface area contributed by atoms with Gasteiger partial charge in [-0.25, -0.2) is 18.4 Å². The Bertz CT molecular complexity index is 1230. The van der Waals surface area contributed by atoms with Crippen LogP contribution in [0.5, 0.6) is 5.75 Å². The van der Waals surface area contributed by atoms with Crippen LogP contribution in [0.4, 0.5) is 11.5 Å². The van der Waals surface area contributed by atoms with E-state index in [-0.39, 0.29) is 28.3 Å². The zero-order valence-corrected chi connectivity index (χ0v) is 19.6. The van der Waals surface area contributed by atoms with E-state index in [0.717, 1.165) is 11.3 Å². The third kappa shape index (κ3) is 5.63. The summed E-state index contributed by atoms with van der Waals surface area (Å²) >= 11 is 0. The number of nitrogens with zero attached hydrogens (tertiary/aromatic N) is 4. The molecular weight excluding hydrogens is 454 g/mol. The Morgan fingerprint density at radius 3 is 2.47 bits per heavy atom. The Morgan fingerprint density at radius 1 is 1.09 bits per heavy atom. The second-order valence-corrected chi connectivity index (χ2v) is 9.96. The van der Waals surface area contributed by atoms with Crippen LogP contribution in [-0.4, -0.2) is 60.5 Å². The van der Waals surface area contributed by atoms with Gasteiger partial charge < -0.3 is 14.9 Å². The molecule has 0 radical (unpaired) electrons. The van der Waals surface area contributed by atoms with E-state index in [4.69, 9.17) is 0 Å². The molecule has 2 aromatic carbocycles. The molecular formula is C24H27N5O4S. The van der Waals surface area contributed by atoms with E-state index in [1.165, 1.54) is 18.6 Å². The number of carbonyl (C=O) groups excluding carboxylic acids is 1. The molecule has 1 atom stereocenters. The normalized spacial score (nSPS) is 15.1. The zero-order valence-electron chi connectivity index (χ0n) is 18.8. The summed E-state index contributed by atoms with van der Waals surface area (Å²) in [4.78, 5) is 24.7. The molecule has 0 bridgehead atoms. The van der Waals surface area contributed by atoms with Gasteiger partial charge in [-0.15, -0.1) is 0 Å². The highest BCUT2D eigenvalue weighted by molar-refractivity contribution is 7.92. The molecule has 9 nitrogen and oxygen atoms in total. The Kier molecular flexibility index (Phi) is 6.97. The number of piperazine rings is 1. The van der Waals surface area contributed by atoms with Gasteiger partial charge >= 0.3 is 0 Å². The van der Waals surface area contributed by atoms with E-state index in [9.17, 15) is 18.3 Å². The van der Waals surface area contributed by atoms with Gasteiger partial charge in [0.2, 0.25) is 5.91 Å². The first-order chi connectivity index (χ1) is 16.3. The number of phenolic OH excluding ortho intramolecular Hbond substituents is 1. The van der Waals surface area contributed by atoms with Crippen LogP contribution in [0.15, 0.2) is 72.0 Å². The van der Waals surface area contributed by atoms with Gasteiger partial charge in [0.05, 0.1) is 4.90 Å². The van der Waals surface area contributed by atoms with Crippen LogP contribution in [0.1, 0.15) is 12.5 Å². The summed E-state index contributed by atoms with van der Waals surface area (Å²) in [6, 6.07) is 15.2. The van der Waals surface area contributed by atoms with E-state index >= 15 is 0 Å². The fourth-order valence-corrected chi connectivity index (χ4v) is 5.01. The highest BCUT2D eigenvalue weighted by Gasteiger charge is 2.25. The first-order valence-electron chi connectivity index (χ1n) is 11.0. The van der Waals surface area contributed by atoms with E-state index in [0.29, 0.717) is 32.6 Å². The summed E-state index contributed by atoms with van der Waals surface area (Å²) in [6.45, 7) is 4.43. The van der Waals surface area contributed by atoms with Gasteiger partial charge in [-0.05, 0) is 54.4 Å². The monoisotopic (exact) mass is 481 g/mol. The lowest BCUT2D eigenvalue weighted by atomic mass is 9.99. The lowest BCUT2D eigenvalue weighted by molar-refractivity contribution is -0.135. The van der Waals surface area contributed by atoms with Crippen molar-refractivity contribution in [2.45, 2.75) is 18.2 Å². The van der Waals surface area contributed by atoms with Gasteiger partial charge in [-0.1, -0.05) is 19.1 Å². The lowest BCUT2D eigenvalue weighted by Gasteiger charge is -2.37. The van der Waals surface area contributed by atoms with Crippen molar-refractivity contribution in [2.75, 3.05) is 35.8 Å². The number of rotatable bonds is 7. The molecule has 1 aliphatic heterocycles. The molecule has 178 valence electrons. The van der Waals surface area contributed by atoms with E-state index in [1.807, 2.05) is 17.9 Å². The standard InChI is InChI=1S/C24H27N5O4S/c1-18(15-19-3-2-4-21(30)16-19)24(31)29-13-11-28(12-14-29)20-5-7-22(8-6-20)34(32,33)27-23-9-10-25-17-26-23/h2-10,16-18,30H,11-15H2,1H3,(H,25,26,27). The number of anilines is 2. The molecule has 10 heteroatoms. The Labute approximate surface area is 199 Å². The molecule has 0 aliphatic carbocycles. The Morgan fingerprint density at radius 2 is 1.82 bits per heavy atom. The number of phenols is 1. The topological polar surface area (TPSA) is 116 Å². The molecule has 2 heterocycles. The number of hydrogen-bond acceptors (Lipinski definition) is 7. The van der Waals surface area contributed by atoms with Crippen LogP contribution in [0, 0.1) is 5.92 Å². The van der Waals surface area contributed by atoms with Crippen LogP contribution in [-0.2, 0) is 21.2 Å². The second kappa shape index (κ2) is 10.1. The van der Waals surface area contributed by atoms with E-state index in [1.54, 1.807) is 42.5 Å². The van der Waals surface area contributed by atoms with Crippen LogP contribution in [0.3, 0.4) is 0 Å². The largest absolute Gasteiger partial charge is 0.508 e. The smallest absolute Gasteiger partial charge is 0.263 e. The molecule has 1 fully saturated rings. The summed E-state index contributed by atoms with van der Waals surface area (Å²) in [6.07, 6.45) is 3.32. The first-order valence-corrected chi connectivity index (χ1v) is 12.5. The summed E-state index contributed by atoms with van der Waals surface area (Å²) in [5.74, 6) is 0.327. The predicted molar refractivity (Wildman–Crippen MR) is 129 cm³/mol. The van der Waals surface area contributed by atoms with E-state index < -0.39 is 10.0 Å². The maximum absolute atomic E-state index is 12.9. The Hall–Kier alpha value is -3.66. The molecule has 0 spiro atoms. The van der Waals surface area contributed by atoms with Crippen molar-refractivity contribution in [1.29, 1.82) is 0 Å². The summed E-state index contributed by atoms with van der Waals surface area (Å²) in [5, 5.41) is 9.64. The molecule has 2 N–H and O–H groups in total. The van der Waals surface area contributed by atoms with Gasteiger partial charge in [0, 0.05) is 44.0 Å². The van der Waals surface area contributed by atoms with Gasteiger partial charge in [0.25, 0.3) is 10.0 Å². The van der Waals surface area contributed by atoms with Crippen molar-refractivity contribution in [1.82, 2.24) is 14.9 Å². The third-order valence-corrected chi connectivity index (χ3v) is 7.17. The number of carbonyl (C=O) groups is 1. The van der Waals surface area contributed by atoms with Crippen LogP contribution in [0.25, 0.3) is 0 Å². The number of nitrogens with one attached hydrogen (secondary N) is 1. The third-order valence-electron chi connectivity index (χ3n) is 5.80. The fourth-order valence-electron chi connectivity index (χ4n) is 4.00. The van der Waals surface area contributed by atoms with Crippen molar-refractivity contribution in [3.05, 3.63) is 72.7 Å². The summed E-state index contributed by atoms with van der Waals surface area (Å²) in [5.41, 5.74) is 1.84. The SMILES string of the molecule is CC(Cc1cccc(O)c1)C(=O)N1CCN(c2ccc(S(=O)(=O)Nc3ccncn3)cc2)CC1. The van der Waals surface area contributed by atoms with Crippen LogP contribution < -0.4 is 9.62 Å². The molecule has 1 aliphatic rings. The average Bonchev–Trinajstić information content (AvgIpc) is 2.84. The molecule has 1 unspecified atom stereocenters. The minimum absolute atomic E-state index is 0.0974. The fraction of sp³-hybridized carbons (Fsp3) is 0.292. The summed E-state index contributed by atoms with van der Waals surface area (Å²) in [7, 11) is -3.75. The van der Waals surface area contributed by atoms with Crippen molar-refractivity contribution in [3.8, 4) is 5.75 Å². The van der Waals surface area contributed by atoms with Crippen molar-refractivity contribution in [3.63, 3.8) is 0 Å². The maximum Gasteiger partial charge on any atom is 0.263 e. The number of sulfonamides is 1. The first kappa shape index (κ1) is 23.5. The number of amides is 1. The lowest BCUT2D eigenvalue weighted by Crippen LogP contribution is -2.50. The van der Waals surface area contributed by atoms with Gasteiger partial charge in [-0.2, -0.15) is 0 Å². The minimum Gasteiger partial charge on any atom is -0.508 e.